The lowest BCUT2D eigenvalue weighted by Crippen LogP contribution is -2.13. The first-order chi connectivity index (χ1) is 8.99. The molecule has 3 nitrogen and oxygen atoms in total. The monoisotopic (exact) mass is 314 g/mol. The highest BCUT2D eigenvalue weighted by molar-refractivity contribution is 6.37. The molecular formula is C13H9Cl3N2O. The van der Waals surface area contributed by atoms with E-state index < -0.39 is 0 Å². The van der Waals surface area contributed by atoms with E-state index in [2.05, 4.69) is 10.3 Å². The number of aryl methyl sites for hydroxylation is 1. The molecule has 0 bridgehead atoms. The molecule has 0 aliphatic carbocycles. The van der Waals surface area contributed by atoms with Crippen LogP contribution in [0.2, 0.25) is 15.2 Å². The van der Waals surface area contributed by atoms with Crippen molar-refractivity contribution in [1.82, 2.24) is 4.98 Å². The van der Waals surface area contributed by atoms with Crippen LogP contribution < -0.4 is 5.32 Å². The number of halogens is 3. The van der Waals surface area contributed by atoms with Crippen molar-refractivity contribution in [3.05, 3.63) is 56.8 Å². The second kappa shape index (κ2) is 5.78. The van der Waals surface area contributed by atoms with Crippen molar-refractivity contribution < 1.29 is 4.79 Å². The fourth-order valence-corrected chi connectivity index (χ4v) is 2.04. The first-order valence-electron chi connectivity index (χ1n) is 5.36. The van der Waals surface area contributed by atoms with Crippen LogP contribution in [0.25, 0.3) is 0 Å². The van der Waals surface area contributed by atoms with Crippen molar-refractivity contribution in [2.24, 2.45) is 0 Å². The van der Waals surface area contributed by atoms with E-state index in [1.807, 2.05) is 13.0 Å². The van der Waals surface area contributed by atoms with E-state index in [1.54, 1.807) is 12.1 Å². The number of benzene rings is 1. The molecule has 0 radical (unpaired) electrons. The number of anilines is 1. The van der Waals surface area contributed by atoms with Gasteiger partial charge in [0.05, 0.1) is 21.3 Å². The third-order valence-electron chi connectivity index (χ3n) is 2.51. The largest absolute Gasteiger partial charge is 0.321 e. The molecule has 2 aromatic rings. The van der Waals surface area contributed by atoms with Gasteiger partial charge in [0.1, 0.15) is 5.15 Å². The van der Waals surface area contributed by atoms with Crippen LogP contribution in [-0.2, 0) is 0 Å². The molecule has 1 amide bonds. The van der Waals surface area contributed by atoms with Crippen molar-refractivity contribution in [2.45, 2.75) is 6.92 Å². The van der Waals surface area contributed by atoms with Crippen LogP contribution in [0, 0.1) is 6.92 Å². The van der Waals surface area contributed by atoms with Crippen LogP contribution >= 0.6 is 34.8 Å². The molecule has 2 rings (SSSR count). The number of pyridine rings is 1. The van der Waals surface area contributed by atoms with Crippen LogP contribution in [0.4, 0.5) is 5.69 Å². The van der Waals surface area contributed by atoms with E-state index >= 15 is 0 Å². The molecule has 0 saturated heterocycles. The maximum absolute atomic E-state index is 12.1. The summed E-state index contributed by atoms with van der Waals surface area (Å²) in [5, 5.41) is 3.61. The molecule has 0 aliphatic heterocycles. The normalized spacial score (nSPS) is 10.3. The van der Waals surface area contributed by atoms with Gasteiger partial charge in [-0.3, -0.25) is 4.79 Å². The van der Waals surface area contributed by atoms with Crippen LogP contribution in [0.5, 0.6) is 0 Å². The Labute approximate surface area is 125 Å². The molecule has 1 aromatic carbocycles. The summed E-state index contributed by atoms with van der Waals surface area (Å²) >= 11 is 17.8. The third-order valence-corrected chi connectivity index (χ3v) is 3.52. The number of carbonyl (C=O) groups excluding carboxylic acids is 1. The van der Waals surface area contributed by atoms with E-state index in [1.165, 1.54) is 12.3 Å². The second-order valence-electron chi connectivity index (χ2n) is 3.88. The lowest BCUT2D eigenvalue weighted by molar-refractivity contribution is 0.102. The summed E-state index contributed by atoms with van der Waals surface area (Å²) in [4.78, 5) is 15.9. The van der Waals surface area contributed by atoms with Gasteiger partial charge in [-0.05, 0) is 24.6 Å². The maximum atomic E-state index is 12.1. The van der Waals surface area contributed by atoms with Crippen LogP contribution in [-0.4, -0.2) is 10.9 Å². The first-order valence-corrected chi connectivity index (χ1v) is 6.50. The molecule has 0 fully saturated rings. The molecular weight excluding hydrogens is 307 g/mol. The maximum Gasteiger partial charge on any atom is 0.257 e. The Balaban J connectivity index is 2.31. The number of hydrogen-bond acceptors (Lipinski definition) is 2. The van der Waals surface area contributed by atoms with E-state index in [9.17, 15) is 4.79 Å². The van der Waals surface area contributed by atoms with Crippen molar-refractivity contribution in [2.75, 3.05) is 5.32 Å². The van der Waals surface area contributed by atoms with Gasteiger partial charge >= 0.3 is 0 Å². The summed E-state index contributed by atoms with van der Waals surface area (Å²) in [6.45, 7) is 1.86. The average Bonchev–Trinajstić information content (AvgIpc) is 2.38. The number of hydrogen-bond donors (Lipinski definition) is 1. The van der Waals surface area contributed by atoms with E-state index in [4.69, 9.17) is 34.8 Å². The molecule has 98 valence electrons. The topological polar surface area (TPSA) is 42.0 Å². The fraction of sp³-hybridized carbons (Fsp3) is 0.0769. The summed E-state index contributed by atoms with van der Waals surface area (Å²) in [6, 6.07) is 6.78. The summed E-state index contributed by atoms with van der Waals surface area (Å²) in [7, 11) is 0. The second-order valence-corrected chi connectivity index (χ2v) is 5.05. The lowest BCUT2D eigenvalue weighted by atomic mass is 10.2. The Morgan fingerprint density at radius 1 is 1.26 bits per heavy atom. The zero-order valence-electron chi connectivity index (χ0n) is 9.88. The molecule has 19 heavy (non-hydrogen) atoms. The Kier molecular flexibility index (Phi) is 4.30. The van der Waals surface area contributed by atoms with E-state index in [0.717, 1.165) is 5.56 Å². The van der Waals surface area contributed by atoms with Gasteiger partial charge in [0, 0.05) is 6.20 Å². The van der Waals surface area contributed by atoms with Gasteiger partial charge in [-0.25, -0.2) is 4.98 Å². The third kappa shape index (κ3) is 3.18. The highest BCUT2D eigenvalue weighted by atomic mass is 35.5. The van der Waals surface area contributed by atoms with Gasteiger partial charge < -0.3 is 5.32 Å². The summed E-state index contributed by atoms with van der Waals surface area (Å²) < 4.78 is 0. The van der Waals surface area contributed by atoms with Crippen LogP contribution in [0.1, 0.15) is 15.9 Å². The minimum atomic E-state index is -0.387. The number of nitrogens with one attached hydrogen (secondary N) is 1. The molecule has 0 saturated carbocycles. The fourth-order valence-electron chi connectivity index (χ4n) is 1.52. The molecule has 0 spiro atoms. The Hall–Kier alpha value is -1.29. The minimum Gasteiger partial charge on any atom is -0.321 e. The van der Waals surface area contributed by atoms with Crippen LogP contribution in [0.3, 0.4) is 0 Å². The lowest BCUT2D eigenvalue weighted by Gasteiger charge is -2.09. The molecule has 0 aliphatic rings. The number of aromatic nitrogens is 1. The molecule has 6 heteroatoms. The predicted octanol–water partition coefficient (Wildman–Crippen LogP) is 4.60. The highest BCUT2D eigenvalue weighted by Crippen LogP contribution is 2.26. The highest BCUT2D eigenvalue weighted by Gasteiger charge is 2.13. The van der Waals surface area contributed by atoms with Crippen molar-refractivity contribution in [3.8, 4) is 0 Å². The molecule has 1 N–H and O–H groups in total. The van der Waals surface area contributed by atoms with Crippen molar-refractivity contribution in [1.29, 1.82) is 0 Å². The van der Waals surface area contributed by atoms with Crippen LogP contribution in [0.15, 0.2) is 30.5 Å². The summed E-state index contributed by atoms with van der Waals surface area (Å²) in [6.07, 6.45) is 1.33. The Morgan fingerprint density at radius 2 is 2.00 bits per heavy atom. The molecule has 1 heterocycles. The number of amides is 1. The van der Waals surface area contributed by atoms with E-state index in [0.29, 0.717) is 10.7 Å². The van der Waals surface area contributed by atoms with Gasteiger partial charge in [-0.2, -0.15) is 0 Å². The van der Waals surface area contributed by atoms with Gasteiger partial charge in [0.25, 0.3) is 5.91 Å². The van der Waals surface area contributed by atoms with Gasteiger partial charge in [0.2, 0.25) is 0 Å². The Bertz CT molecular complexity index is 644. The van der Waals surface area contributed by atoms with Gasteiger partial charge in [0.15, 0.2) is 0 Å². The predicted molar refractivity (Wildman–Crippen MR) is 78.4 cm³/mol. The summed E-state index contributed by atoms with van der Waals surface area (Å²) in [5.41, 5.74) is 1.65. The number of rotatable bonds is 2. The summed E-state index contributed by atoms with van der Waals surface area (Å²) in [5.74, 6) is -0.387. The standard InChI is InChI=1S/C13H9Cl3N2O/c1-7-3-2-4-10(12(7)16)18-13(19)8-5-11(15)17-6-9(8)14/h2-6H,1H3,(H,18,19). The van der Waals surface area contributed by atoms with E-state index in [-0.39, 0.29) is 21.6 Å². The van der Waals surface area contributed by atoms with Crippen molar-refractivity contribution >= 4 is 46.4 Å². The molecule has 0 atom stereocenters. The Morgan fingerprint density at radius 3 is 2.74 bits per heavy atom. The van der Waals surface area contributed by atoms with Gasteiger partial charge in [-0.15, -0.1) is 0 Å². The quantitative estimate of drug-likeness (QED) is 0.823. The van der Waals surface area contributed by atoms with Gasteiger partial charge in [-0.1, -0.05) is 46.9 Å². The molecule has 1 aromatic heterocycles. The average molecular weight is 316 g/mol. The zero-order chi connectivity index (χ0) is 14.0. The SMILES string of the molecule is Cc1cccc(NC(=O)c2cc(Cl)ncc2Cl)c1Cl. The first kappa shape index (κ1) is 14.1. The minimum absolute atomic E-state index is 0.199. The zero-order valence-corrected chi connectivity index (χ0v) is 12.1. The number of nitrogens with zero attached hydrogens (tertiary/aromatic N) is 1. The molecule has 0 unspecified atom stereocenters. The smallest absolute Gasteiger partial charge is 0.257 e. The number of carbonyl (C=O) groups is 1. The van der Waals surface area contributed by atoms with Crippen molar-refractivity contribution in [3.63, 3.8) is 0 Å².